The lowest BCUT2D eigenvalue weighted by molar-refractivity contribution is 0.0952. The number of amides is 4. The van der Waals surface area contributed by atoms with Gasteiger partial charge in [-0.15, -0.1) is 0 Å². The highest BCUT2D eigenvalue weighted by molar-refractivity contribution is 6.42. The summed E-state index contributed by atoms with van der Waals surface area (Å²) in [4.78, 5) is 34.9. The largest absolute Gasteiger partial charge is 0.366 e. The second-order valence-electron chi connectivity index (χ2n) is 5.32. The predicted molar refractivity (Wildman–Crippen MR) is 106 cm³/mol. The van der Waals surface area contributed by atoms with E-state index in [0.29, 0.717) is 16.3 Å². The molecule has 0 heterocycles. The van der Waals surface area contributed by atoms with E-state index in [1.54, 1.807) is 6.07 Å². The van der Waals surface area contributed by atoms with Crippen LogP contribution in [0.5, 0.6) is 0 Å². The van der Waals surface area contributed by atoms with Crippen molar-refractivity contribution in [3.8, 4) is 0 Å². The Labute approximate surface area is 170 Å². The van der Waals surface area contributed by atoms with Crippen molar-refractivity contribution in [2.75, 3.05) is 18.4 Å². The fourth-order valence-corrected chi connectivity index (χ4v) is 2.63. The van der Waals surface area contributed by atoms with E-state index < -0.39 is 11.9 Å². The minimum Gasteiger partial charge on any atom is -0.366 e. The van der Waals surface area contributed by atoms with Crippen LogP contribution in [0.4, 0.5) is 10.5 Å². The molecule has 0 aliphatic heterocycles. The topological polar surface area (TPSA) is 113 Å². The monoisotopic (exact) mass is 428 g/mol. The van der Waals surface area contributed by atoms with Crippen molar-refractivity contribution in [2.45, 2.75) is 0 Å². The van der Waals surface area contributed by atoms with Crippen molar-refractivity contribution >= 4 is 58.3 Å². The molecule has 0 fully saturated rings. The summed E-state index contributed by atoms with van der Waals surface area (Å²) in [6.45, 7) is 0.389. The van der Waals surface area contributed by atoms with Crippen LogP contribution in [-0.4, -0.2) is 30.9 Å². The van der Waals surface area contributed by atoms with E-state index >= 15 is 0 Å². The third-order valence-corrected chi connectivity index (χ3v) is 4.42. The van der Waals surface area contributed by atoms with Crippen molar-refractivity contribution in [2.24, 2.45) is 5.73 Å². The van der Waals surface area contributed by atoms with Gasteiger partial charge in [0.1, 0.15) is 0 Å². The van der Waals surface area contributed by atoms with Gasteiger partial charge in [0.15, 0.2) is 0 Å². The van der Waals surface area contributed by atoms with Gasteiger partial charge in [-0.25, -0.2) is 4.79 Å². The summed E-state index contributed by atoms with van der Waals surface area (Å²) in [6.07, 6.45) is 0. The minimum atomic E-state index is -0.659. The zero-order chi connectivity index (χ0) is 20.0. The van der Waals surface area contributed by atoms with E-state index in [9.17, 15) is 14.4 Å². The number of carbonyl (C=O) groups is 3. The molecule has 0 spiro atoms. The second kappa shape index (κ2) is 9.45. The highest BCUT2D eigenvalue weighted by atomic mass is 35.5. The highest BCUT2D eigenvalue weighted by Crippen LogP contribution is 2.22. The van der Waals surface area contributed by atoms with Gasteiger partial charge in [-0.2, -0.15) is 0 Å². The van der Waals surface area contributed by atoms with E-state index in [0.717, 1.165) is 0 Å². The maximum absolute atomic E-state index is 12.0. The summed E-state index contributed by atoms with van der Waals surface area (Å²) < 4.78 is 0. The summed E-state index contributed by atoms with van der Waals surface area (Å²) in [5.74, 6) is -1.00. The maximum atomic E-state index is 12.0. The molecule has 4 amide bonds. The van der Waals surface area contributed by atoms with Gasteiger partial charge in [0.25, 0.3) is 5.91 Å². The lowest BCUT2D eigenvalue weighted by Crippen LogP contribution is -2.36. The molecule has 0 radical (unpaired) electrons. The van der Waals surface area contributed by atoms with Crippen molar-refractivity contribution in [1.29, 1.82) is 0 Å². The molecule has 0 aliphatic rings. The smallest absolute Gasteiger partial charge is 0.319 e. The van der Waals surface area contributed by atoms with Gasteiger partial charge in [-0.1, -0.05) is 34.8 Å². The number of benzene rings is 2. The Morgan fingerprint density at radius 1 is 0.852 bits per heavy atom. The van der Waals surface area contributed by atoms with Crippen LogP contribution in [0, 0.1) is 0 Å². The molecule has 2 aromatic rings. The normalized spacial score (nSPS) is 10.2. The predicted octanol–water partition coefficient (Wildman–Crippen LogP) is 3.30. The number of nitrogens with two attached hydrogens (primary N) is 1. The Balaban J connectivity index is 1.77. The van der Waals surface area contributed by atoms with Crippen molar-refractivity contribution in [3.63, 3.8) is 0 Å². The molecule has 0 bridgehead atoms. The van der Waals surface area contributed by atoms with Gasteiger partial charge in [0, 0.05) is 24.3 Å². The molecule has 0 aliphatic carbocycles. The molecule has 0 atom stereocenters. The number of hydrogen-bond donors (Lipinski definition) is 4. The lowest BCUT2D eigenvalue weighted by atomic mass is 10.2. The number of rotatable bonds is 6. The van der Waals surface area contributed by atoms with Crippen molar-refractivity contribution in [1.82, 2.24) is 10.6 Å². The Bertz CT molecular complexity index is 890. The number of urea groups is 1. The summed E-state index contributed by atoms with van der Waals surface area (Å²) >= 11 is 17.6. The molecule has 27 heavy (non-hydrogen) atoms. The van der Waals surface area contributed by atoms with E-state index in [1.165, 1.54) is 30.3 Å². The summed E-state index contributed by atoms with van der Waals surface area (Å²) in [7, 11) is 0. The van der Waals surface area contributed by atoms with Crippen LogP contribution in [0.1, 0.15) is 20.7 Å². The third kappa shape index (κ3) is 6.02. The molecule has 0 saturated carbocycles. The van der Waals surface area contributed by atoms with Crippen LogP contribution >= 0.6 is 34.8 Å². The molecule has 142 valence electrons. The molecule has 0 aromatic heterocycles. The van der Waals surface area contributed by atoms with Gasteiger partial charge >= 0.3 is 6.03 Å². The molecule has 0 saturated heterocycles. The zero-order valence-corrected chi connectivity index (χ0v) is 16.1. The van der Waals surface area contributed by atoms with Crippen LogP contribution in [0.2, 0.25) is 15.1 Å². The summed E-state index contributed by atoms with van der Waals surface area (Å²) in [5, 5.41) is 8.53. The molecule has 2 aromatic carbocycles. The number of nitrogens with one attached hydrogen (secondary N) is 3. The van der Waals surface area contributed by atoms with E-state index in [-0.39, 0.29) is 34.6 Å². The van der Waals surface area contributed by atoms with E-state index in [2.05, 4.69) is 16.0 Å². The zero-order valence-electron chi connectivity index (χ0n) is 13.8. The molecular weight excluding hydrogens is 415 g/mol. The summed E-state index contributed by atoms with van der Waals surface area (Å²) in [6, 6.07) is 8.35. The molecule has 10 heteroatoms. The van der Waals surface area contributed by atoms with E-state index in [4.69, 9.17) is 40.5 Å². The minimum absolute atomic E-state index is 0.134. The Hall–Kier alpha value is -2.48. The average Bonchev–Trinajstić information content (AvgIpc) is 2.60. The van der Waals surface area contributed by atoms with Crippen LogP contribution < -0.4 is 21.7 Å². The van der Waals surface area contributed by atoms with Gasteiger partial charge in [0.05, 0.1) is 20.6 Å². The highest BCUT2D eigenvalue weighted by Gasteiger charge is 2.10. The van der Waals surface area contributed by atoms with Crippen molar-refractivity contribution in [3.05, 3.63) is 62.6 Å². The quantitative estimate of drug-likeness (QED) is 0.528. The number of anilines is 1. The van der Waals surface area contributed by atoms with E-state index in [1.807, 2.05) is 0 Å². The summed E-state index contributed by atoms with van der Waals surface area (Å²) in [5.41, 5.74) is 6.07. The van der Waals surface area contributed by atoms with Crippen molar-refractivity contribution < 1.29 is 14.4 Å². The Kier molecular flexibility index (Phi) is 7.29. The molecular formula is C17H15Cl3N4O3. The first-order valence-electron chi connectivity index (χ1n) is 7.65. The molecule has 0 unspecified atom stereocenters. The van der Waals surface area contributed by atoms with Gasteiger partial charge in [-0.3, -0.25) is 9.59 Å². The van der Waals surface area contributed by atoms with Crippen LogP contribution in [0.25, 0.3) is 0 Å². The SMILES string of the molecule is NC(=O)c1ccc(NC(=O)NCCNC(=O)c2ccc(Cl)c(Cl)c2)cc1Cl. The standard InChI is InChI=1S/C17H15Cl3N4O3/c18-12-4-1-9(7-14(12)20)16(26)22-5-6-23-17(27)24-10-2-3-11(15(21)25)13(19)8-10/h1-4,7-8H,5-6H2,(H2,21,25)(H,22,26)(H2,23,24,27). The van der Waals surface area contributed by atoms with Crippen LogP contribution in [0.3, 0.4) is 0 Å². The fourth-order valence-electron chi connectivity index (χ4n) is 2.06. The third-order valence-electron chi connectivity index (χ3n) is 3.37. The second-order valence-corrected chi connectivity index (χ2v) is 6.55. The Morgan fingerprint density at radius 2 is 1.56 bits per heavy atom. The molecule has 2 rings (SSSR count). The first-order chi connectivity index (χ1) is 12.8. The number of hydrogen-bond acceptors (Lipinski definition) is 3. The fraction of sp³-hybridized carbons (Fsp3) is 0.118. The number of halogens is 3. The molecule has 5 N–H and O–H groups in total. The lowest BCUT2D eigenvalue weighted by Gasteiger charge is -2.10. The Morgan fingerprint density at radius 3 is 2.19 bits per heavy atom. The average molecular weight is 430 g/mol. The number of carbonyl (C=O) groups excluding carboxylic acids is 3. The molecule has 7 nitrogen and oxygen atoms in total. The van der Waals surface area contributed by atoms with Crippen LogP contribution in [0.15, 0.2) is 36.4 Å². The van der Waals surface area contributed by atoms with Crippen LogP contribution in [-0.2, 0) is 0 Å². The first-order valence-corrected chi connectivity index (χ1v) is 8.79. The maximum Gasteiger partial charge on any atom is 0.319 e. The first kappa shape index (κ1) is 20.8. The van der Waals surface area contributed by atoms with Gasteiger partial charge in [0.2, 0.25) is 5.91 Å². The number of primary amides is 1. The van der Waals surface area contributed by atoms with Gasteiger partial charge < -0.3 is 21.7 Å². The van der Waals surface area contributed by atoms with Gasteiger partial charge in [-0.05, 0) is 36.4 Å².